The second-order valence-electron chi connectivity index (χ2n) is 8.43. The van der Waals surface area contributed by atoms with Crippen LogP contribution in [-0.4, -0.2) is 42.5 Å². The molecular formula is C22H27F3N4O2. The van der Waals surface area contributed by atoms with Crippen molar-refractivity contribution in [3.05, 3.63) is 30.3 Å². The van der Waals surface area contributed by atoms with Crippen molar-refractivity contribution in [1.29, 1.82) is 0 Å². The van der Waals surface area contributed by atoms with Gasteiger partial charge < -0.3 is 20.7 Å². The van der Waals surface area contributed by atoms with Gasteiger partial charge in [-0.15, -0.1) is 0 Å². The van der Waals surface area contributed by atoms with Crippen LogP contribution in [0.1, 0.15) is 38.5 Å². The molecule has 168 valence electrons. The highest BCUT2D eigenvalue weighted by atomic mass is 19.4. The minimum absolute atomic E-state index is 0.101. The molecule has 1 aromatic carbocycles. The van der Waals surface area contributed by atoms with E-state index in [2.05, 4.69) is 10.3 Å². The number of halogens is 3. The molecule has 0 radical (unpaired) electrons. The highest BCUT2D eigenvalue weighted by Crippen LogP contribution is 2.35. The molecule has 2 fully saturated rings. The van der Waals surface area contributed by atoms with Gasteiger partial charge in [-0.25, -0.2) is 9.78 Å². The number of rotatable bonds is 4. The highest BCUT2D eigenvalue weighted by Gasteiger charge is 2.41. The summed E-state index contributed by atoms with van der Waals surface area (Å²) in [6.45, 7) is 0.731. The summed E-state index contributed by atoms with van der Waals surface area (Å²) in [4.78, 5) is 17.5. The van der Waals surface area contributed by atoms with Crippen molar-refractivity contribution in [3.63, 3.8) is 0 Å². The van der Waals surface area contributed by atoms with Crippen molar-refractivity contribution in [2.45, 2.75) is 56.8 Å². The van der Waals surface area contributed by atoms with Gasteiger partial charge in [0.1, 0.15) is 11.9 Å². The van der Waals surface area contributed by atoms with Crippen LogP contribution in [0, 0.1) is 5.92 Å². The molecule has 1 amide bonds. The molecular weight excluding hydrogens is 409 g/mol. The van der Waals surface area contributed by atoms with E-state index < -0.39 is 18.2 Å². The molecule has 31 heavy (non-hydrogen) atoms. The standard InChI is InChI=1S/C22H27F3N4O2/c23-22(24,25)15-9-11-29(12-10-15)20-8-1-14-13-17(4-7-19(14)28-20)27-16-2-5-18(6-3-16)31-21(26)30/h1,4,7-8,13,15-16,18,27H,2-3,5-6,9-12H2,(H2,26,30). The summed E-state index contributed by atoms with van der Waals surface area (Å²) < 4.78 is 43.7. The number of benzene rings is 1. The zero-order valence-corrected chi connectivity index (χ0v) is 17.2. The highest BCUT2D eigenvalue weighted by molar-refractivity contribution is 5.84. The van der Waals surface area contributed by atoms with Gasteiger partial charge in [0, 0.05) is 30.2 Å². The second kappa shape index (κ2) is 8.80. The number of anilines is 2. The summed E-state index contributed by atoms with van der Waals surface area (Å²) in [6, 6.07) is 10.1. The van der Waals surface area contributed by atoms with Gasteiger partial charge in [-0.2, -0.15) is 13.2 Å². The Bertz CT molecular complexity index is 921. The SMILES string of the molecule is NC(=O)OC1CCC(Nc2ccc3nc(N4CCC(C(F)(F)F)CC4)ccc3c2)CC1. The maximum absolute atomic E-state index is 12.9. The number of ether oxygens (including phenoxy) is 1. The van der Waals surface area contributed by atoms with Crippen LogP contribution >= 0.6 is 0 Å². The van der Waals surface area contributed by atoms with Crippen LogP contribution in [0.2, 0.25) is 0 Å². The van der Waals surface area contributed by atoms with Crippen LogP contribution in [0.25, 0.3) is 10.9 Å². The quantitative estimate of drug-likeness (QED) is 0.718. The zero-order chi connectivity index (χ0) is 22.0. The zero-order valence-electron chi connectivity index (χ0n) is 17.2. The number of nitrogens with one attached hydrogen (secondary N) is 1. The fourth-order valence-corrected chi connectivity index (χ4v) is 4.54. The van der Waals surface area contributed by atoms with Crippen molar-refractivity contribution >= 4 is 28.5 Å². The van der Waals surface area contributed by atoms with Gasteiger partial charge in [0.05, 0.1) is 11.4 Å². The smallest absolute Gasteiger partial charge is 0.404 e. The lowest BCUT2D eigenvalue weighted by Gasteiger charge is -2.33. The number of nitrogens with zero attached hydrogens (tertiary/aromatic N) is 2. The number of amides is 1. The average molecular weight is 436 g/mol. The Morgan fingerprint density at radius 2 is 1.77 bits per heavy atom. The van der Waals surface area contributed by atoms with Gasteiger partial charge in [-0.3, -0.25) is 0 Å². The largest absolute Gasteiger partial charge is 0.446 e. The average Bonchev–Trinajstić information content (AvgIpc) is 2.74. The first kappa shape index (κ1) is 21.5. The molecule has 2 aromatic rings. The van der Waals surface area contributed by atoms with E-state index >= 15 is 0 Å². The summed E-state index contributed by atoms with van der Waals surface area (Å²) in [5.41, 5.74) is 6.90. The number of carbonyl (C=O) groups is 1. The predicted molar refractivity (Wildman–Crippen MR) is 113 cm³/mol. The number of nitrogens with two attached hydrogens (primary N) is 1. The Labute approximate surface area is 178 Å². The van der Waals surface area contributed by atoms with Crippen LogP contribution in [0.15, 0.2) is 30.3 Å². The molecule has 1 aromatic heterocycles. The van der Waals surface area contributed by atoms with E-state index in [9.17, 15) is 18.0 Å². The summed E-state index contributed by atoms with van der Waals surface area (Å²) in [6.07, 6.45) is -1.37. The minimum Gasteiger partial charge on any atom is -0.446 e. The number of primary amides is 1. The third kappa shape index (κ3) is 5.32. The van der Waals surface area contributed by atoms with Crippen LogP contribution in [0.5, 0.6) is 0 Å². The van der Waals surface area contributed by atoms with Crippen molar-refractivity contribution in [3.8, 4) is 0 Å². The summed E-state index contributed by atoms with van der Waals surface area (Å²) in [7, 11) is 0. The van der Waals surface area contributed by atoms with Crippen LogP contribution in [0.3, 0.4) is 0 Å². The molecule has 0 spiro atoms. The number of hydrogen-bond donors (Lipinski definition) is 2. The number of piperidine rings is 1. The summed E-state index contributed by atoms with van der Waals surface area (Å²) in [5.74, 6) is -0.489. The van der Waals surface area contributed by atoms with Crippen LogP contribution in [0.4, 0.5) is 29.5 Å². The summed E-state index contributed by atoms with van der Waals surface area (Å²) >= 11 is 0. The van der Waals surface area contributed by atoms with E-state index in [1.165, 1.54) is 0 Å². The number of aromatic nitrogens is 1. The van der Waals surface area contributed by atoms with Gasteiger partial charge in [0.25, 0.3) is 0 Å². The van der Waals surface area contributed by atoms with E-state index in [4.69, 9.17) is 10.5 Å². The van der Waals surface area contributed by atoms with Gasteiger partial charge in [0.2, 0.25) is 0 Å². The molecule has 1 saturated carbocycles. The maximum atomic E-state index is 12.9. The summed E-state index contributed by atoms with van der Waals surface area (Å²) in [5, 5.41) is 4.50. The third-order valence-electron chi connectivity index (χ3n) is 6.28. The predicted octanol–water partition coefficient (Wildman–Crippen LogP) is 4.83. The van der Waals surface area contributed by atoms with E-state index in [0.29, 0.717) is 19.1 Å². The van der Waals surface area contributed by atoms with Gasteiger partial charge in [0.15, 0.2) is 0 Å². The number of carbonyl (C=O) groups excluding carboxylic acids is 1. The molecule has 0 bridgehead atoms. The van der Waals surface area contributed by atoms with Gasteiger partial charge in [-0.05, 0) is 68.9 Å². The molecule has 2 aliphatic rings. The van der Waals surface area contributed by atoms with E-state index in [1.807, 2.05) is 35.2 Å². The molecule has 0 unspecified atom stereocenters. The number of alkyl halides is 3. The molecule has 6 nitrogen and oxygen atoms in total. The van der Waals surface area contributed by atoms with E-state index in [0.717, 1.165) is 48.1 Å². The fraction of sp³-hybridized carbons (Fsp3) is 0.545. The molecule has 2 heterocycles. The van der Waals surface area contributed by atoms with Crippen molar-refractivity contribution in [1.82, 2.24) is 4.98 Å². The Morgan fingerprint density at radius 1 is 1.06 bits per heavy atom. The van der Waals surface area contributed by atoms with E-state index in [-0.39, 0.29) is 18.9 Å². The fourth-order valence-electron chi connectivity index (χ4n) is 4.54. The molecule has 1 saturated heterocycles. The first-order valence-electron chi connectivity index (χ1n) is 10.7. The Kier molecular flexibility index (Phi) is 6.11. The molecule has 1 aliphatic carbocycles. The van der Waals surface area contributed by atoms with Crippen molar-refractivity contribution < 1.29 is 22.7 Å². The molecule has 1 aliphatic heterocycles. The number of hydrogen-bond acceptors (Lipinski definition) is 5. The molecule has 3 N–H and O–H groups in total. The minimum atomic E-state index is -4.11. The maximum Gasteiger partial charge on any atom is 0.404 e. The first-order valence-corrected chi connectivity index (χ1v) is 10.7. The number of fused-ring (bicyclic) bond motifs is 1. The number of pyridine rings is 1. The molecule has 4 rings (SSSR count). The van der Waals surface area contributed by atoms with E-state index in [1.54, 1.807) is 0 Å². The lowest BCUT2D eigenvalue weighted by atomic mass is 9.92. The normalized spacial score (nSPS) is 23.0. The first-order chi connectivity index (χ1) is 14.8. The third-order valence-corrected chi connectivity index (χ3v) is 6.28. The Hall–Kier alpha value is -2.71. The van der Waals surface area contributed by atoms with Crippen molar-refractivity contribution in [2.75, 3.05) is 23.3 Å². The topological polar surface area (TPSA) is 80.5 Å². The van der Waals surface area contributed by atoms with Gasteiger partial charge in [-0.1, -0.05) is 0 Å². The van der Waals surface area contributed by atoms with Crippen LogP contribution in [-0.2, 0) is 4.74 Å². The van der Waals surface area contributed by atoms with Gasteiger partial charge >= 0.3 is 12.3 Å². The second-order valence-corrected chi connectivity index (χ2v) is 8.43. The Balaban J connectivity index is 1.36. The molecule has 9 heteroatoms. The molecule has 0 atom stereocenters. The lowest BCUT2D eigenvalue weighted by Crippen LogP contribution is -2.39. The van der Waals surface area contributed by atoms with Crippen molar-refractivity contribution in [2.24, 2.45) is 11.7 Å². The van der Waals surface area contributed by atoms with Crippen LogP contribution < -0.4 is 16.0 Å². The monoisotopic (exact) mass is 436 g/mol. The Morgan fingerprint density at radius 3 is 2.42 bits per heavy atom. The lowest BCUT2D eigenvalue weighted by molar-refractivity contribution is -0.179.